The zero-order chi connectivity index (χ0) is 32.5. The van der Waals surface area contributed by atoms with E-state index in [9.17, 15) is 15.0 Å². The van der Waals surface area contributed by atoms with E-state index in [4.69, 9.17) is 33.0 Å². The third kappa shape index (κ3) is 5.59. The maximum Gasteiger partial charge on any atom is 0.254 e. The zero-order valence-electron chi connectivity index (χ0n) is 27.0. The molecule has 0 bridgehead atoms. The number of carbonyl (C=O) groups is 1. The number of aromatic nitrogens is 4. The molecule has 4 heterocycles. The van der Waals surface area contributed by atoms with Gasteiger partial charge in [0.2, 0.25) is 5.87 Å². The van der Waals surface area contributed by atoms with Gasteiger partial charge in [-0.1, -0.05) is 13.3 Å². The molecule has 242 valence electrons. The minimum atomic E-state index is -2.69. The number of carbonyl (C=O) groups excluding carboxylic acids is 1. The first-order valence-corrected chi connectivity index (χ1v) is 16.4. The highest BCUT2D eigenvalue weighted by Crippen LogP contribution is 2.45. The van der Waals surface area contributed by atoms with Gasteiger partial charge < -0.3 is 39.5 Å². The van der Waals surface area contributed by atoms with Gasteiger partial charge in [0.1, 0.15) is 16.9 Å². The Morgan fingerprint density at radius 2 is 1.91 bits per heavy atom. The smallest absolute Gasteiger partial charge is 0.254 e. The van der Waals surface area contributed by atoms with Crippen LogP contribution >= 0.6 is 0 Å². The van der Waals surface area contributed by atoms with Gasteiger partial charge in [-0.2, -0.15) is 0 Å². The third-order valence-corrected chi connectivity index (χ3v) is 10.4. The Hall–Kier alpha value is -3.45. The van der Waals surface area contributed by atoms with E-state index < -0.39 is 11.5 Å². The van der Waals surface area contributed by atoms with E-state index in [2.05, 4.69) is 28.2 Å². The molecule has 1 saturated heterocycles. The van der Waals surface area contributed by atoms with Gasteiger partial charge in [-0.3, -0.25) is 4.79 Å². The lowest BCUT2D eigenvalue weighted by molar-refractivity contribution is -0.338. The number of fused-ring (bicyclic) bond motifs is 2. The van der Waals surface area contributed by atoms with Crippen LogP contribution in [-0.4, -0.2) is 85.2 Å². The predicted octanol–water partition coefficient (Wildman–Crippen LogP) is 3.62. The summed E-state index contributed by atoms with van der Waals surface area (Å²) >= 11 is 0. The van der Waals surface area contributed by atoms with E-state index in [1.54, 1.807) is 7.11 Å². The lowest BCUT2D eigenvalue weighted by atomic mass is 9.71. The van der Waals surface area contributed by atoms with Crippen LogP contribution in [0.15, 0.2) is 36.5 Å². The average Bonchev–Trinajstić information content (AvgIpc) is 3.55. The Morgan fingerprint density at radius 3 is 2.57 bits per heavy atom. The van der Waals surface area contributed by atoms with E-state index in [-0.39, 0.29) is 29.8 Å². The number of ether oxygens (including phenoxy) is 2. The van der Waals surface area contributed by atoms with Crippen molar-refractivity contribution in [2.24, 2.45) is 23.5 Å². The van der Waals surface area contributed by atoms with Gasteiger partial charge in [-0.05, 0) is 87.6 Å². The summed E-state index contributed by atoms with van der Waals surface area (Å²) in [6.07, 6.45) is 6.27. The molecule has 3 fully saturated rings. The van der Waals surface area contributed by atoms with Gasteiger partial charge in [0.15, 0.2) is 13.7 Å². The van der Waals surface area contributed by atoms with Crippen molar-refractivity contribution in [3.63, 3.8) is 0 Å². The SMILES string of the molecule is [B]C(O)(O)OC1(C)CC(Cn2c(-c3cc4cccnc4n3CC3CC3)nc3cc(C(=O)N4CC(CC)C(N)C4C)cc(OC)c32)C1. The maximum absolute atomic E-state index is 14.0. The van der Waals surface area contributed by atoms with Gasteiger partial charge >= 0.3 is 0 Å². The fourth-order valence-corrected chi connectivity index (χ4v) is 7.87. The van der Waals surface area contributed by atoms with Crippen molar-refractivity contribution in [3.8, 4) is 17.3 Å². The van der Waals surface area contributed by atoms with Gasteiger partial charge in [0.05, 0.1) is 23.9 Å². The molecule has 3 aromatic heterocycles. The molecule has 11 nitrogen and oxygen atoms in total. The van der Waals surface area contributed by atoms with Crippen molar-refractivity contribution >= 4 is 35.8 Å². The number of hydrogen-bond donors (Lipinski definition) is 3. The number of benzene rings is 1. The monoisotopic (exact) mass is 626 g/mol. The summed E-state index contributed by atoms with van der Waals surface area (Å²) in [7, 11) is 6.97. The molecule has 2 aliphatic carbocycles. The minimum absolute atomic E-state index is 0.0642. The molecule has 1 amide bonds. The average molecular weight is 627 g/mol. The van der Waals surface area contributed by atoms with E-state index in [1.807, 2.05) is 43.1 Å². The molecule has 12 heteroatoms. The summed E-state index contributed by atoms with van der Waals surface area (Å²) in [4.78, 5) is 25.8. The molecule has 3 unspecified atom stereocenters. The van der Waals surface area contributed by atoms with Crippen LogP contribution in [0.4, 0.5) is 0 Å². The molecule has 2 radical (unpaired) electrons. The lowest BCUT2D eigenvalue weighted by Gasteiger charge is -2.47. The molecule has 4 aromatic rings. The summed E-state index contributed by atoms with van der Waals surface area (Å²) < 4.78 is 15.8. The van der Waals surface area contributed by atoms with Crippen LogP contribution in [-0.2, 0) is 17.8 Å². The van der Waals surface area contributed by atoms with Crippen LogP contribution in [0, 0.1) is 17.8 Å². The second-order valence-corrected chi connectivity index (χ2v) is 14.0. The zero-order valence-corrected chi connectivity index (χ0v) is 27.0. The van der Waals surface area contributed by atoms with Gasteiger partial charge in [0, 0.05) is 48.9 Å². The first kappa shape index (κ1) is 31.2. The minimum Gasteiger partial charge on any atom is -0.494 e. The van der Waals surface area contributed by atoms with Gasteiger partial charge in [-0.25, -0.2) is 9.97 Å². The van der Waals surface area contributed by atoms with E-state index in [0.29, 0.717) is 48.7 Å². The topological polar surface area (TPSA) is 141 Å². The molecule has 3 aliphatic rings. The molecule has 1 aliphatic heterocycles. The number of likely N-dealkylation sites (tertiary alicyclic amines) is 1. The number of amides is 1. The lowest BCUT2D eigenvalue weighted by Crippen LogP contribution is -2.51. The molecule has 0 spiro atoms. The largest absolute Gasteiger partial charge is 0.494 e. The van der Waals surface area contributed by atoms with Crippen LogP contribution < -0.4 is 10.5 Å². The van der Waals surface area contributed by atoms with Crippen LogP contribution in [0.5, 0.6) is 5.75 Å². The maximum atomic E-state index is 14.0. The predicted molar refractivity (Wildman–Crippen MR) is 175 cm³/mol. The van der Waals surface area contributed by atoms with Gasteiger partial charge in [-0.15, -0.1) is 0 Å². The number of nitrogens with zero attached hydrogens (tertiary/aromatic N) is 5. The van der Waals surface area contributed by atoms with Crippen molar-refractivity contribution in [2.75, 3.05) is 13.7 Å². The molecular weight excluding hydrogens is 583 g/mol. The standard InChI is InChI=1S/C34H43BN6O5/c1-5-22-18-39(19(2)28(22)36)32(42)24-11-25-29(27(13-24)45-4)41(17-21-14-33(3,15-21)46-34(35,43)44)31(38-25)26-12-23-7-6-10-37-30(23)40(26)16-20-8-9-20/h6-7,10-13,19-22,28,43-44H,5,8-9,14-18,36H2,1-4H3. The van der Waals surface area contributed by atoms with E-state index in [0.717, 1.165) is 41.0 Å². The highest BCUT2D eigenvalue weighted by Gasteiger charge is 2.45. The molecule has 1 aromatic carbocycles. The Morgan fingerprint density at radius 1 is 1.17 bits per heavy atom. The number of rotatable bonds is 10. The molecule has 4 N–H and O–H groups in total. The second-order valence-electron chi connectivity index (χ2n) is 14.0. The van der Waals surface area contributed by atoms with Crippen LogP contribution in [0.25, 0.3) is 33.6 Å². The Bertz CT molecular complexity index is 1790. The van der Waals surface area contributed by atoms with Gasteiger partial charge in [0.25, 0.3) is 5.91 Å². The molecule has 46 heavy (non-hydrogen) atoms. The summed E-state index contributed by atoms with van der Waals surface area (Å²) in [5.74, 6) is -0.424. The fourth-order valence-electron chi connectivity index (χ4n) is 7.87. The second kappa shape index (κ2) is 11.4. The number of hydrogen-bond acceptors (Lipinski definition) is 8. The molecular formula is C34H43BN6O5. The summed E-state index contributed by atoms with van der Waals surface area (Å²) in [6, 6.07) is 9.72. The number of pyridine rings is 1. The Labute approximate surface area is 270 Å². The van der Waals surface area contributed by atoms with Crippen molar-refractivity contribution in [1.29, 1.82) is 0 Å². The fraction of sp³-hybridized carbons (Fsp3) is 0.559. The normalized spacial score (nSPS) is 26.6. The third-order valence-electron chi connectivity index (χ3n) is 10.4. The number of methoxy groups -OCH3 is 1. The Kier molecular flexibility index (Phi) is 7.70. The number of imidazole rings is 1. The first-order valence-electron chi connectivity index (χ1n) is 16.4. The number of nitrogens with two attached hydrogens (primary N) is 1. The molecule has 3 atom stereocenters. The molecule has 2 saturated carbocycles. The van der Waals surface area contributed by atoms with Crippen molar-refractivity contribution < 1.29 is 24.5 Å². The summed E-state index contributed by atoms with van der Waals surface area (Å²) in [5.41, 5.74) is 9.60. The van der Waals surface area contributed by atoms with Crippen molar-refractivity contribution in [1.82, 2.24) is 24.0 Å². The van der Waals surface area contributed by atoms with Crippen LogP contribution in [0.1, 0.15) is 63.2 Å². The van der Waals surface area contributed by atoms with E-state index in [1.165, 1.54) is 12.8 Å². The first-order chi connectivity index (χ1) is 21.9. The Balaban J connectivity index is 1.33. The van der Waals surface area contributed by atoms with Crippen LogP contribution in [0.2, 0.25) is 0 Å². The van der Waals surface area contributed by atoms with Crippen molar-refractivity contribution in [3.05, 3.63) is 42.1 Å². The highest BCUT2D eigenvalue weighted by atomic mass is 16.8. The highest BCUT2D eigenvalue weighted by molar-refractivity contribution is 6.11. The van der Waals surface area contributed by atoms with Crippen LogP contribution in [0.3, 0.4) is 0 Å². The quantitative estimate of drug-likeness (QED) is 0.179. The summed E-state index contributed by atoms with van der Waals surface area (Å²) in [6.45, 7) is 8.02. The molecule has 7 rings (SSSR count). The van der Waals surface area contributed by atoms with Crippen molar-refractivity contribution in [2.45, 2.75) is 89.5 Å². The number of aliphatic hydroxyl groups is 2. The summed E-state index contributed by atoms with van der Waals surface area (Å²) in [5, 5.41) is 20.4. The van der Waals surface area contributed by atoms with E-state index >= 15 is 0 Å².